The molecule has 0 aliphatic heterocycles. The van der Waals surface area contributed by atoms with Crippen LogP contribution < -0.4 is 0 Å². The van der Waals surface area contributed by atoms with Crippen LogP contribution in [-0.4, -0.2) is 39.8 Å². The Morgan fingerprint density at radius 1 is 1.00 bits per heavy atom. The molecule has 8 nitrogen and oxygen atoms in total. The number of fused-ring (bicyclic) bond motifs is 2. The predicted octanol–water partition coefficient (Wildman–Crippen LogP) is 2.93. The van der Waals surface area contributed by atoms with E-state index in [0.717, 1.165) is 43.6 Å². The van der Waals surface area contributed by atoms with Gasteiger partial charge in [0, 0.05) is 29.1 Å². The SMILES string of the molecule is Cc1ccc2nnc(Sc3ccc4ncc(-c5cnnn5C)cc4c3)n2n1. The van der Waals surface area contributed by atoms with E-state index in [1.165, 1.54) is 11.8 Å². The van der Waals surface area contributed by atoms with Crippen molar-refractivity contribution in [3.05, 3.63) is 54.5 Å². The minimum Gasteiger partial charge on any atom is -0.256 e. The molecule has 27 heavy (non-hydrogen) atoms. The molecule has 132 valence electrons. The fourth-order valence-electron chi connectivity index (χ4n) is 2.89. The van der Waals surface area contributed by atoms with E-state index in [9.17, 15) is 0 Å². The van der Waals surface area contributed by atoms with E-state index in [2.05, 4.69) is 42.7 Å². The first-order chi connectivity index (χ1) is 13.2. The van der Waals surface area contributed by atoms with Gasteiger partial charge < -0.3 is 0 Å². The molecule has 5 rings (SSSR count). The zero-order valence-corrected chi connectivity index (χ0v) is 15.4. The molecule has 0 bridgehead atoms. The zero-order valence-electron chi connectivity index (χ0n) is 14.6. The first-order valence-electron chi connectivity index (χ1n) is 8.29. The third-order valence-electron chi connectivity index (χ3n) is 4.24. The van der Waals surface area contributed by atoms with Crippen molar-refractivity contribution in [2.45, 2.75) is 17.0 Å². The highest BCUT2D eigenvalue weighted by Crippen LogP contribution is 2.30. The molecule has 0 unspecified atom stereocenters. The Morgan fingerprint density at radius 2 is 1.93 bits per heavy atom. The molecule has 0 spiro atoms. The number of hydrogen-bond acceptors (Lipinski definition) is 7. The van der Waals surface area contributed by atoms with Gasteiger partial charge in [0.15, 0.2) is 5.65 Å². The summed E-state index contributed by atoms with van der Waals surface area (Å²) in [6, 6.07) is 12.1. The summed E-state index contributed by atoms with van der Waals surface area (Å²) in [5, 5.41) is 22.6. The first-order valence-corrected chi connectivity index (χ1v) is 9.11. The van der Waals surface area contributed by atoms with Crippen molar-refractivity contribution in [1.29, 1.82) is 0 Å². The van der Waals surface area contributed by atoms with Crippen LogP contribution in [0.1, 0.15) is 5.69 Å². The largest absolute Gasteiger partial charge is 0.256 e. The lowest BCUT2D eigenvalue weighted by atomic mass is 10.1. The number of pyridine rings is 1. The van der Waals surface area contributed by atoms with Crippen molar-refractivity contribution in [3.8, 4) is 11.3 Å². The Hall–Kier alpha value is -3.33. The molecule has 0 amide bonds. The van der Waals surface area contributed by atoms with Gasteiger partial charge in [0.25, 0.3) is 0 Å². The van der Waals surface area contributed by atoms with Crippen LogP contribution in [0.5, 0.6) is 0 Å². The molecule has 4 aromatic heterocycles. The molecular weight excluding hydrogens is 360 g/mol. The molecule has 0 atom stereocenters. The van der Waals surface area contributed by atoms with Crippen LogP contribution in [0.2, 0.25) is 0 Å². The standard InChI is InChI=1S/C18H14N8S/c1-11-3-6-17-21-22-18(26(17)23-11)27-14-4-5-15-12(8-14)7-13(9-19-15)16-10-20-24-25(16)2/h3-10H,1-2H3. The fourth-order valence-corrected chi connectivity index (χ4v) is 3.73. The molecule has 9 heteroatoms. The maximum Gasteiger partial charge on any atom is 0.217 e. The summed E-state index contributed by atoms with van der Waals surface area (Å²) in [4.78, 5) is 5.60. The molecule has 4 heterocycles. The summed E-state index contributed by atoms with van der Waals surface area (Å²) in [7, 11) is 1.87. The van der Waals surface area contributed by atoms with Crippen LogP contribution in [0.4, 0.5) is 0 Å². The summed E-state index contributed by atoms with van der Waals surface area (Å²) in [6.07, 6.45) is 3.57. The van der Waals surface area contributed by atoms with Crippen molar-refractivity contribution < 1.29 is 0 Å². The average Bonchev–Trinajstić information content (AvgIpc) is 3.27. The second-order valence-corrected chi connectivity index (χ2v) is 7.19. The van der Waals surface area contributed by atoms with Crippen LogP contribution >= 0.6 is 11.8 Å². The molecule has 0 fully saturated rings. The number of nitrogens with zero attached hydrogens (tertiary/aromatic N) is 8. The summed E-state index contributed by atoms with van der Waals surface area (Å²) in [5.74, 6) is 0. The van der Waals surface area contributed by atoms with Gasteiger partial charge in [0.2, 0.25) is 5.16 Å². The number of aryl methyl sites for hydroxylation is 2. The predicted molar refractivity (Wildman–Crippen MR) is 101 cm³/mol. The zero-order chi connectivity index (χ0) is 18.4. The summed E-state index contributed by atoms with van der Waals surface area (Å²) in [5.41, 5.74) is 4.48. The van der Waals surface area contributed by atoms with Gasteiger partial charge in [-0.1, -0.05) is 5.21 Å². The minimum absolute atomic E-state index is 0.730. The summed E-state index contributed by atoms with van der Waals surface area (Å²) in [6.45, 7) is 1.95. The quantitative estimate of drug-likeness (QED) is 0.480. The van der Waals surface area contributed by atoms with Crippen molar-refractivity contribution in [2.75, 3.05) is 0 Å². The van der Waals surface area contributed by atoms with Gasteiger partial charge in [0.1, 0.15) is 0 Å². The van der Waals surface area contributed by atoms with E-state index in [-0.39, 0.29) is 0 Å². The first kappa shape index (κ1) is 15.9. The highest BCUT2D eigenvalue weighted by Gasteiger charge is 2.10. The normalized spacial score (nSPS) is 11.5. The summed E-state index contributed by atoms with van der Waals surface area (Å²) >= 11 is 1.52. The third-order valence-corrected chi connectivity index (χ3v) is 5.17. The topological polar surface area (TPSA) is 86.7 Å². The third kappa shape index (κ3) is 2.81. The van der Waals surface area contributed by atoms with Crippen molar-refractivity contribution in [1.82, 2.24) is 39.8 Å². The van der Waals surface area contributed by atoms with E-state index >= 15 is 0 Å². The van der Waals surface area contributed by atoms with E-state index < -0.39 is 0 Å². The average molecular weight is 374 g/mol. The lowest BCUT2D eigenvalue weighted by Crippen LogP contribution is -1.95. The number of rotatable bonds is 3. The Kier molecular flexibility index (Phi) is 3.61. The molecule has 5 aromatic rings. The molecule has 0 aliphatic carbocycles. The Labute approximate surface area is 158 Å². The smallest absolute Gasteiger partial charge is 0.217 e. The Balaban J connectivity index is 1.55. The molecule has 0 aliphatic rings. The van der Waals surface area contributed by atoms with Gasteiger partial charge in [-0.3, -0.25) is 4.98 Å². The van der Waals surface area contributed by atoms with E-state index in [1.54, 1.807) is 15.4 Å². The van der Waals surface area contributed by atoms with Gasteiger partial charge in [-0.15, -0.1) is 15.3 Å². The number of benzene rings is 1. The van der Waals surface area contributed by atoms with E-state index in [1.807, 2.05) is 44.4 Å². The lowest BCUT2D eigenvalue weighted by molar-refractivity contribution is 0.720. The van der Waals surface area contributed by atoms with E-state index in [0.29, 0.717) is 0 Å². The summed E-state index contributed by atoms with van der Waals surface area (Å²) < 4.78 is 3.50. The Morgan fingerprint density at radius 3 is 2.78 bits per heavy atom. The van der Waals surface area contributed by atoms with Gasteiger partial charge in [-0.2, -0.15) is 9.61 Å². The van der Waals surface area contributed by atoms with Crippen molar-refractivity contribution in [3.63, 3.8) is 0 Å². The van der Waals surface area contributed by atoms with Crippen molar-refractivity contribution in [2.24, 2.45) is 7.05 Å². The number of hydrogen-bond donors (Lipinski definition) is 0. The van der Waals surface area contributed by atoms with Crippen LogP contribution in [0.3, 0.4) is 0 Å². The second kappa shape index (κ2) is 6.13. The molecule has 0 N–H and O–H groups in total. The van der Waals surface area contributed by atoms with Crippen LogP contribution in [-0.2, 0) is 7.05 Å². The van der Waals surface area contributed by atoms with Gasteiger partial charge in [0.05, 0.1) is 23.1 Å². The highest BCUT2D eigenvalue weighted by atomic mass is 32.2. The lowest BCUT2D eigenvalue weighted by Gasteiger charge is -2.05. The maximum absolute atomic E-state index is 4.55. The minimum atomic E-state index is 0.730. The highest BCUT2D eigenvalue weighted by molar-refractivity contribution is 7.99. The number of aromatic nitrogens is 8. The van der Waals surface area contributed by atoms with Crippen molar-refractivity contribution >= 4 is 28.3 Å². The van der Waals surface area contributed by atoms with Gasteiger partial charge >= 0.3 is 0 Å². The van der Waals surface area contributed by atoms with Gasteiger partial charge in [-0.25, -0.2) is 4.68 Å². The molecule has 0 saturated carbocycles. The molecular formula is C18H14N8S. The van der Waals surface area contributed by atoms with Crippen LogP contribution in [0.25, 0.3) is 27.8 Å². The fraction of sp³-hybridized carbons (Fsp3) is 0.111. The monoisotopic (exact) mass is 374 g/mol. The maximum atomic E-state index is 4.55. The molecule has 1 aromatic carbocycles. The van der Waals surface area contributed by atoms with Gasteiger partial charge in [-0.05, 0) is 55.1 Å². The second-order valence-electron chi connectivity index (χ2n) is 6.15. The van der Waals surface area contributed by atoms with E-state index in [4.69, 9.17) is 0 Å². The molecule has 0 saturated heterocycles. The van der Waals surface area contributed by atoms with Crippen LogP contribution in [0, 0.1) is 6.92 Å². The Bertz CT molecular complexity index is 1290. The van der Waals surface area contributed by atoms with Crippen LogP contribution in [0.15, 0.2) is 58.8 Å². The molecule has 0 radical (unpaired) electrons.